The molecule has 0 spiro atoms. The van der Waals surface area contributed by atoms with Crippen LogP contribution in [0.15, 0.2) is 94.7 Å². The molecule has 4 aromatic rings. The molecular weight excluding hydrogens is 404 g/mol. The number of thiazole rings is 1. The van der Waals surface area contributed by atoms with Crippen LogP contribution in [0.3, 0.4) is 0 Å². The highest BCUT2D eigenvalue weighted by Crippen LogP contribution is 2.33. The highest BCUT2D eigenvalue weighted by Gasteiger charge is 2.28. The van der Waals surface area contributed by atoms with Crippen LogP contribution >= 0.6 is 11.3 Å². The fourth-order valence-corrected chi connectivity index (χ4v) is 5.12. The van der Waals surface area contributed by atoms with Gasteiger partial charge in [-0.05, 0) is 41.3 Å². The largest absolute Gasteiger partial charge is 0.497 e. The summed E-state index contributed by atoms with van der Waals surface area (Å²) in [5.41, 5.74) is 3.29. The fraction of sp³-hybridized carbons (Fsp3) is 0.154. The predicted molar refractivity (Wildman–Crippen MR) is 124 cm³/mol. The molecule has 0 bridgehead atoms. The Morgan fingerprint density at radius 2 is 1.58 bits per heavy atom. The maximum atomic E-state index is 13.4. The average molecular weight is 427 g/mol. The summed E-state index contributed by atoms with van der Waals surface area (Å²) in [6.07, 6.45) is 2.70. The van der Waals surface area contributed by atoms with Gasteiger partial charge in [-0.25, -0.2) is 0 Å². The van der Waals surface area contributed by atoms with Crippen LogP contribution in [0.25, 0.3) is 6.08 Å². The second kappa shape index (κ2) is 8.36. The Balaban J connectivity index is 1.67. The Bertz CT molecular complexity index is 1360. The number of hydrogen-bond donors (Lipinski definition) is 0. The van der Waals surface area contributed by atoms with Crippen molar-refractivity contribution >= 4 is 17.4 Å². The van der Waals surface area contributed by atoms with Crippen molar-refractivity contribution in [3.63, 3.8) is 0 Å². The van der Waals surface area contributed by atoms with Gasteiger partial charge in [0.2, 0.25) is 0 Å². The van der Waals surface area contributed by atoms with Crippen molar-refractivity contribution in [2.24, 2.45) is 4.99 Å². The van der Waals surface area contributed by atoms with Crippen LogP contribution in [0.1, 0.15) is 35.2 Å². The number of methoxy groups -OCH3 is 1. The van der Waals surface area contributed by atoms with Gasteiger partial charge in [-0.1, -0.05) is 84.1 Å². The maximum absolute atomic E-state index is 13.4. The highest BCUT2D eigenvalue weighted by molar-refractivity contribution is 7.07. The van der Waals surface area contributed by atoms with Crippen molar-refractivity contribution in [1.29, 1.82) is 0 Å². The smallest absolute Gasteiger partial charge is 0.270 e. The third-order valence-corrected chi connectivity index (χ3v) is 6.64. The first-order valence-corrected chi connectivity index (χ1v) is 11.1. The number of benzene rings is 3. The summed E-state index contributed by atoms with van der Waals surface area (Å²) in [7, 11) is 1.65. The van der Waals surface area contributed by atoms with Gasteiger partial charge in [0.1, 0.15) is 5.75 Å². The number of nitrogens with zero attached hydrogens (tertiary/aromatic N) is 2. The SMILES string of the molecule is COc1ccc(/C=c2/sc3n(c2=O)[C@H](c2ccccc2)C[C@H](c2ccccc2)N=3)cc1. The fourth-order valence-electron chi connectivity index (χ4n) is 4.05. The molecule has 2 atom stereocenters. The lowest BCUT2D eigenvalue weighted by Gasteiger charge is -2.26. The first-order chi connectivity index (χ1) is 15.2. The quantitative estimate of drug-likeness (QED) is 0.493. The van der Waals surface area contributed by atoms with Crippen LogP contribution in [0.4, 0.5) is 0 Å². The highest BCUT2D eigenvalue weighted by atomic mass is 32.1. The van der Waals surface area contributed by atoms with Crippen LogP contribution < -0.4 is 19.6 Å². The van der Waals surface area contributed by atoms with E-state index in [4.69, 9.17) is 9.73 Å². The van der Waals surface area contributed by atoms with Gasteiger partial charge in [0.05, 0.1) is 23.7 Å². The Labute approximate surface area is 184 Å². The van der Waals surface area contributed by atoms with Crippen LogP contribution in [0.2, 0.25) is 0 Å². The van der Waals surface area contributed by atoms with Crippen molar-refractivity contribution in [3.05, 3.63) is 121 Å². The molecule has 31 heavy (non-hydrogen) atoms. The average Bonchev–Trinajstić information content (AvgIpc) is 3.15. The Morgan fingerprint density at radius 1 is 0.935 bits per heavy atom. The topological polar surface area (TPSA) is 43.6 Å². The summed E-state index contributed by atoms with van der Waals surface area (Å²) >= 11 is 1.46. The molecule has 5 heteroatoms. The minimum absolute atomic E-state index is 0.0138. The molecule has 154 valence electrons. The molecule has 0 N–H and O–H groups in total. The van der Waals surface area contributed by atoms with E-state index >= 15 is 0 Å². The molecule has 0 aliphatic carbocycles. The van der Waals surface area contributed by atoms with Crippen LogP contribution in [-0.4, -0.2) is 11.7 Å². The summed E-state index contributed by atoms with van der Waals surface area (Å²) in [6, 6.07) is 28.3. The lowest BCUT2D eigenvalue weighted by molar-refractivity contribution is 0.415. The predicted octanol–water partition coefficient (Wildman–Crippen LogP) is 4.10. The van der Waals surface area contributed by atoms with E-state index in [1.54, 1.807) is 7.11 Å². The summed E-state index contributed by atoms with van der Waals surface area (Å²) in [6.45, 7) is 0. The molecule has 1 aromatic heterocycles. The summed E-state index contributed by atoms with van der Waals surface area (Å²) in [5, 5.41) is 0. The Morgan fingerprint density at radius 3 is 2.23 bits per heavy atom. The van der Waals surface area contributed by atoms with E-state index in [0.29, 0.717) is 4.53 Å². The lowest BCUT2D eigenvalue weighted by atomic mass is 9.94. The molecule has 4 nitrogen and oxygen atoms in total. The van der Waals surface area contributed by atoms with Gasteiger partial charge < -0.3 is 4.74 Å². The zero-order valence-corrected chi connectivity index (χ0v) is 18.0. The van der Waals surface area contributed by atoms with Crippen molar-refractivity contribution in [2.45, 2.75) is 18.5 Å². The molecule has 0 unspecified atom stereocenters. The summed E-state index contributed by atoms with van der Waals surface area (Å²) in [5.74, 6) is 0.796. The third kappa shape index (κ3) is 3.84. The molecule has 0 fully saturated rings. The first kappa shape index (κ1) is 19.5. The van der Waals surface area contributed by atoms with E-state index < -0.39 is 0 Å². The Kier molecular flexibility index (Phi) is 5.26. The lowest BCUT2D eigenvalue weighted by Crippen LogP contribution is -2.38. The number of aromatic nitrogens is 1. The van der Waals surface area contributed by atoms with Crippen LogP contribution in [0.5, 0.6) is 5.75 Å². The van der Waals surface area contributed by atoms with Crippen LogP contribution in [-0.2, 0) is 0 Å². The van der Waals surface area contributed by atoms with Gasteiger partial charge in [0, 0.05) is 0 Å². The molecule has 2 heterocycles. The number of hydrogen-bond acceptors (Lipinski definition) is 4. The van der Waals surface area contributed by atoms with Gasteiger partial charge in [-0.3, -0.25) is 14.4 Å². The van der Waals surface area contributed by atoms with E-state index in [2.05, 4.69) is 24.3 Å². The zero-order valence-electron chi connectivity index (χ0n) is 17.1. The third-order valence-electron chi connectivity index (χ3n) is 5.64. The molecule has 0 saturated carbocycles. The minimum Gasteiger partial charge on any atom is -0.497 e. The van der Waals surface area contributed by atoms with E-state index in [-0.39, 0.29) is 17.6 Å². The molecule has 1 aliphatic heterocycles. The molecule has 3 aromatic carbocycles. The van der Waals surface area contributed by atoms with E-state index in [0.717, 1.165) is 28.1 Å². The monoisotopic (exact) mass is 426 g/mol. The second-order valence-electron chi connectivity index (χ2n) is 7.56. The van der Waals surface area contributed by atoms with E-state index in [1.165, 1.54) is 16.9 Å². The molecular formula is C26H22N2O2S. The van der Waals surface area contributed by atoms with E-state index in [1.807, 2.05) is 71.3 Å². The van der Waals surface area contributed by atoms with Gasteiger partial charge >= 0.3 is 0 Å². The normalized spacial score (nSPS) is 18.3. The molecule has 0 amide bonds. The maximum Gasteiger partial charge on any atom is 0.270 e. The standard InChI is InChI=1S/C26H22N2O2S/c1-30-21-14-12-18(13-15-21)16-24-25(29)28-23(20-10-6-3-7-11-20)17-22(27-26(28)31-24)19-8-4-2-5-9-19/h2-16,22-23H,17H2,1H3/b24-16+/t22-,23+/m1/s1. The van der Waals surface area contributed by atoms with Crippen LogP contribution in [0, 0.1) is 0 Å². The van der Waals surface area contributed by atoms with Crippen molar-refractivity contribution in [2.75, 3.05) is 7.11 Å². The Hall–Kier alpha value is -3.44. The molecule has 5 rings (SSSR count). The van der Waals surface area contributed by atoms with Crippen molar-refractivity contribution < 1.29 is 4.74 Å². The number of rotatable bonds is 4. The number of fused-ring (bicyclic) bond motifs is 1. The van der Waals surface area contributed by atoms with Gasteiger partial charge in [-0.15, -0.1) is 0 Å². The zero-order chi connectivity index (χ0) is 21.2. The van der Waals surface area contributed by atoms with Gasteiger partial charge in [0.25, 0.3) is 5.56 Å². The summed E-state index contributed by atoms with van der Waals surface area (Å²) in [4.78, 5) is 19.2. The molecule has 0 radical (unpaired) electrons. The van der Waals surface area contributed by atoms with Gasteiger partial charge in [-0.2, -0.15) is 0 Å². The molecule has 0 saturated heterocycles. The minimum atomic E-state index is -0.0410. The second-order valence-corrected chi connectivity index (χ2v) is 8.57. The van der Waals surface area contributed by atoms with Crippen molar-refractivity contribution in [1.82, 2.24) is 4.57 Å². The number of ether oxygens (including phenoxy) is 1. The van der Waals surface area contributed by atoms with Crippen molar-refractivity contribution in [3.8, 4) is 5.75 Å². The first-order valence-electron chi connectivity index (χ1n) is 10.3. The van der Waals surface area contributed by atoms with Gasteiger partial charge in [0.15, 0.2) is 4.80 Å². The molecule has 1 aliphatic rings. The summed E-state index contributed by atoms with van der Waals surface area (Å²) < 4.78 is 7.80. The van der Waals surface area contributed by atoms with E-state index in [9.17, 15) is 4.79 Å².